The SMILES string of the molecule is O=C(O)CCN1CCN(Cc2cccs2)CC1. The van der Waals surface area contributed by atoms with Crippen LogP contribution in [0.1, 0.15) is 11.3 Å². The van der Waals surface area contributed by atoms with Gasteiger partial charge < -0.3 is 10.0 Å². The van der Waals surface area contributed by atoms with Crippen molar-refractivity contribution in [2.75, 3.05) is 32.7 Å². The summed E-state index contributed by atoms with van der Waals surface area (Å²) in [6.07, 6.45) is 0.255. The van der Waals surface area contributed by atoms with Crippen LogP contribution in [0.2, 0.25) is 0 Å². The van der Waals surface area contributed by atoms with Crippen molar-refractivity contribution in [3.8, 4) is 0 Å². The molecule has 0 unspecified atom stereocenters. The van der Waals surface area contributed by atoms with E-state index in [-0.39, 0.29) is 6.42 Å². The number of thiophene rings is 1. The van der Waals surface area contributed by atoms with Crippen LogP contribution in [0, 0.1) is 0 Å². The van der Waals surface area contributed by atoms with Crippen molar-refractivity contribution in [3.63, 3.8) is 0 Å². The molecule has 94 valence electrons. The smallest absolute Gasteiger partial charge is 0.304 e. The molecule has 0 radical (unpaired) electrons. The van der Waals surface area contributed by atoms with E-state index in [1.807, 2.05) is 0 Å². The maximum atomic E-state index is 10.5. The Kier molecular flexibility index (Phi) is 4.53. The van der Waals surface area contributed by atoms with Gasteiger partial charge in [0.25, 0.3) is 0 Å². The maximum absolute atomic E-state index is 10.5. The molecule has 0 aromatic carbocycles. The van der Waals surface area contributed by atoms with Gasteiger partial charge in [-0.3, -0.25) is 9.69 Å². The molecule has 1 N–H and O–H groups in total. The van der Waals surface area contributed by atoms with E-state index < -0.39 is 5.97 Å². The molecule has 1 saturated heterocycles. The first-order valence-electron chi connectivity index (χ1n) is 5.93. The fourth-order valence-electron chi connectivity index (χ4n) is 2.05. The predicted molar refractivity (Wildman–Crippen MR) is 68.3 cm³/mol. The molecular weight excluding hydrogens is 236 g/mol. The molecule has 2 rings (SSSR count). The minimum Gasteiger partial charge on any atom is -0.481 e. The molecule has 1 fully saturated rings. The van der Waals surface area contributed by atoms with Crippen LogP contribution < -0.4 is 0 Å². The van der Waals surface area contributed by atoms with Crippen LogP contribution in [0.25, 0.3) is 0 Å². The van der Waals surface area contributed by atoms with Crippen LogP contribution in [-0.2, 0) is 11.3 Å². The number of carboxylic acid groups (broad SMARTS) is 1. The Bertz CT molecular complexity index is 345. The number of piperazine rings is 1. The van der Waals surface area contributed by atoms with Crippen molar-refractivity contribution in [3.05, 3.63) is 22.4 Å². The molecule has 0 spiro atoms. The highest BCUT2D eigenvalue weighted by molar-refractivity contribution is 7.09. The molecular formula is C12H18N2O2S. The average Bonchev–Trinajstić information content (AvgIpc) is 2.81. The summed E-state index contributed by atoms with van der Waals surface area (Å²) < 4.78 is 0. The molecule has 0 amide bonds. The highest BCUT2D eigenvalue weighted by Gasteiger charge is 2.17. The van der Waals surface area contributed by atoms with Crippen molar-refractivity contribution < 1.29 is 9.90 Å². The molecule has 1 aromatic heterocycles. The first-order chi connectivity index (χ1) is 8.24. The van der Waals surface area contributed by atoms with Crippen LogP contribution in [0.3, 0.4) is 0 Å². The summed E-state index contributed by atoms with van der Waals surface area (Å²) >= 11 is 1.80. The van der Waals surface area contributed by atoms with Crippen molar-refractivity contribution in [2.45, 2.75) is 13.0 Å². The van der Waals surface area contributed by atoms with Crippen LogP contribution in [0.15, 0.2) is 17.5 Å². The Morgan fingerprint density at radius 2 is 2.00 bits per heavy atom. The molecule has 0 atom stereocenters. The summed E-state index contributed by atoms with van der Waals surface area (Å²) in [5.41, 5.74) is 0. The normalized spacial score (nSPS) is 18.4. The third kappa shape index (κ3) is 4.11. The zero-order chi connectivity index (χ0) is 12.1. The topological polar surface area (TPSA) is 43.8 Å². The summed E-state index contributed by atoms with van der Waals surface area (Å²) in [5, 5.41) is 10.7. The van der Waals surface area contributed by atoms with E-state index in [0.717, 1.165) is 32.7 Å². The van der Waals surface area contributed by atoms with Gasteiger partial charge in [0.2, 0.25) is 0 Å². The van der Waals surface area contributed by atoms with Crippen LogP contribution in [0.5, 0.6) is 0 Å². The van der Waals surface area contributed by atoms with E-state index in [4.69, 9.17) is 5.11 Å². The van der Waals surface area contributed by atoms with Crippen LogP contribution in [0.4, 0.5) is 0 Å². The largest absolute Gasteiger partial charge is 0.481 e. The summed E-state index contributed by atoms with van der Waals surface area (Å²) in [7, 11) is 0. The molecule has 1 aliphatic heterocycles. The quantitative estimate of drug-likeness (QED) is 0.861. The zero-order valence-electron chi connectivity index (χ0n) is 9.84. The third-order valence-corrected chi connectivity index (χ3v) is 3.93. The van der Waals surface area contributed by atoms with Gasteiger partial charge in [0.05, 0.1) is 6.42 Å². The van der Waals surface area contributed by atoms with Gasteiger partial charge in [0.15, 0.2) is 0 Å². The Morgan fingerprint density at radius 3 is 2.59 bits per heavy atom. The lowest BCUT2D eigenvalue weighted by atomic mass is 10.3. The van der Waals surface area contributed by atoms with E-state index in [1.165, 1.54) is 4.88 Å². The van der Waals surface area contributed by atoms with E-state index in [2.05, 4.69) is 27.3 Å². The Balaban J connectivity index is 1.69. The average molecular weight is 254 g/mol. The lowest BCUT2D eigenvalue weighted by Gasteiger charge is -2.34. The predicted octanol–water partition coefficient (Wildman–Crippen LogP) is 1.34. The number of carbonyl (C=O) groups is 1. The fraction of sp³-hybridized carbons (Fsp3) is 0.583. The summed E-state index contributed by atoms with van der Waals surface area (Å²) in [5.74, 6) is -0.703. The van der Waals surface area contributed by atoms with E-state index in [0.29, 0.717) is 6.54 Å². The molecule has 5 heteroatoms. The maximum Gasteiger partial charge on any atom is 0.304 e. The second-order valence-electron chi connectivity index (χ2n) is 4.34. The van der Waals surface area contributed by atoms with E-state index in [9.17, 15) is 4.79 Å². The molecule has 1 aromatic rings. The summed E-state index contributed by atoms with van der Waals surface area (Å²) in [6.45, 7) is 5.76. The van der Waals surface area contributed by atoms with Gasteiger partial charge in [-0.05, 0) is 11.4 Å². The monoisotopic (exact) mass is 254 g/mol. The zero-order valence-corrected chi connectivity index (χ0v) is 10.7. The highest BCUT2D eigenvalue weighted by atomic mass is 32.1. The highest BCUT2D eigenvalue weighted by Crippen LogP contribution is 2.13. The van der Waals surface area contributed by atoms with Gasteiger partial charge in [-0.25, -0.2) is 0 Å². The second kappa shape index (κ2) is 6.14. The Morgan fingerprint density at radius 1 is 1.29 bits per heavy atom. The number of hydrogen-bond donors (Lipinski definition) is 1. The molecule has 4 nitrogen and oxygen atoms in total. The fourth-order valence-corrected chi connectivity index (χ4v) is 2.79. The van der Waals surface area contributed by atoms with Crippen molar-refractivity contribution in [1.82, 2.24) is 9.80 Å². The van der Waals surface area contributed by atoms with Gasteiger partial charge in [0, 0.05) is 44.1 Å². The first kappa shape index (κ1) is 12.5. The molecule has 2 heterocycles. The Labute approximate surface area is 105 Å². The second-order valence-corrected chi connectivity index (χ2v) is 5.37. The Hall–Kier alpha value is -0.910. The van der Waals surface area contributed by atoms with Gasteiger partial charge in [-0.2, -0.15) is 0 Å². The standard InChI is InChI=1S/C12H18N2O2S/c15-12(16)3-4-13-5-7-14(8-6-13)10-11-2-1-9-17-11/h1-2,9H,3-8,10H2,(H,15,16). The molecule has 1 aliphatic rings. The van der Waals surface area contributed by atoms with Crippen LogP contribution >= 0.6 is 11.3 Å². The van der Waals surface area contributed by atoms with Crippen molar-refractivity contribution >= 4 is 17.3 Å². The van der Waals surface area contributed by atoms with E-state index in [1.54, 1.807) is 11.3 Å². The van der Waals surface area contributed by atoms with Gasteiger partial charge in [0.1, 0.15) is 0 Å². The van der Waals surface area contributed by atoms with Gasteiger partial charge >= 0.3 is 5.97 Å². The lowest BCUT2D eigenvalue weighted by Crippen LogP contribution is -2.46. The number of hydrogen-bond acceptors (Lipinski definition) is 4. The van der Waals surface area contributed by atoms with Gasteiger partial charge in [-0.1, -0.05) is 6.07 Å². The number of rotatable bonds is 5. The molecule has 0 saturated carbocycles. The minimum absolute atomic E-state index is 0.255. The van der Waals surface area contributed by atoms with Gasteiger partial charge in [-0.15, -0.1) is 11.3 Å². The summed E-state index contributed by atoms with van der Waals surface area (Å²) in [4.78, 5) is 16.6. The van der Waals surface area contributed by atoms with Crippen molar-refractivity contribution in [2.24, 2.45) is 0 Å². The number of carboxylic acids is 1. The van der Waals surface area contributed by atoms with Crippen molar-refractivity contribution in [1.29, 1.82) is 0 Å². The lowest BCUT2D eigenvalue weighted by molar-refractivity contribution is -0.137. The third-order valence-electron chi connectivity index (χ3n) is 3.07. The van der Waals surface area contributed by atoms with E-state index >= 15 is 0 Å². The minimum atomic E-state index is -0.703. The molecule has 17 heavy (non-hydrogen) atoms. The summed E-state index contributed by atoms with van der Waals surface area (Å²) in [6, 6.07) is 4.25. The number of nitrogens with zero attached hydrogens (tertiary/aromatic N) is 2. The molecule has 0 aliphatic carbocycles. The molecule has 0 bridgehead atoms. The van der Waals surface area contributed by atoms with Crippen LogP contribution in [-0.4, -0.2) is 53.6 Å². The number of aliphatic carboxylic acids is 1. The first-order valence-corrected chi connectivity index (χ1v) is 6.81.